The Morgan fingerprint density at radius 1 is 0.857 bits per heavy atom. The molecule has 142 valence electrons. The van der Waals surface area contributed by atoms with E-state index >= 15 is 0 Å². The minimum atomic E-state index is -4.37. The maximum Gasteiger partial charge on any atom is 0.416 e. The van der Waals surface area contributed by atoms with Crippen molar-refractivity contribution >= 4 is 34.8 Å². The van der Waals surface area contributed by atoms with Crippen LogP contribution in [0.15, 0.2) is 100 Å². The first kappa shape index (κ1) is 20.2. The maximum atomic E-state index is 12.8. The molecule has 6 heteroatoms. The summed E-state index contributed by atoms with van der Waals surface area (Å²) in [6.07, 6.45) is -2.58. The lowest BCUT2D eigenvalue weighted by atomic mass is 10.1. The van der Waals surface area contributed by atoms with Crippen LogP contribution in [0.3, 0.4) is 0 Å². The molecule has 0 radical (unpaired) electrons. The highest BCUT2D eigenvalue weighted by molar-refractivity contribution is 8.02. The number of hydrogen-bond donors (Lipinski definition) is 0. The molecule has 0 spiro atoms. The zero-order valence-electron chi connectivity index (χ0n) is 14.5. The summed E-state index contributed by atoms with van der Waals surface area (Å²) in [5.74, 6) is 0. The van der Waals surface area contributed by atoms with Crippen LogP contribution in [-0.2, 0) is 6.18 Å². The van der Waals surface area contributed by atoms with Crippen molar-refractivity contribution in [3.8, 4) is 0 Å². The minimum absolute atomic E-state index is 0.571. The molecule has 0 aliphatic rings. The van der Waals surface area contributed by atoms with Gasteiger partial charge in [-0.3, -0.25) is 0 Å². The van der Waals surface area contributed by atoms with Crippen molar-refractivity contribution in [2.75, 3.05) is 0 Å². The predicted octanol–water partition coefficient (Wildman–Crippen LogP) is 7.79. The van der Waals surface area contributed by atoms with E-state index in [0.717, 1.165) is 22.7 Å². The quantitative estimate of drug-likeness (QED) is 0.305. The van der Waals surface area contributed by atoms with Gasteiger partial charge in [-0.25, -0.2) is 4.99 Å². The molecule has 1 nitrogen and oxygen atoms in total. The normalized spacial score (nSPS) is 12.5. The van der Waals surface area contributed by atoms with Crippen LogP contribution in [0.1, 0.15) is 11.1 Å². The number of halogens is 4. The van der Waals surface area contributed by atoms with Gasteiger partial charge in [-0.05, 0) is 60.0 Å². The number of nitrogens with zero attached hydrogens (tertiary/aromatic N) is 1. The molecule has 3 rings (SSSR count). The topological polar surface area (TPSA) is 12.4 Å². The van der Waals surface area contributed by atoms with Gasteiger partial charge in [0.2, 0.25) is 0 Å². The smallest absolute Gasteiger partial charge is 0.248 e. The molecule has 28 heavy (non-hydrogen) atoms. The highest BCUT2D eigenvalue weighted by Gasteiger charge is 2.30. The average molecular weight is 418 g/mol. The van der Waals surface area contributed by atoms with Gasteiger partial charge >= 0.3 is 6.18 Å². The second kappa shape index (κ2) is 9.13. The zero-order valence-corrected chi connectivity index (χ0v) is 16.1. The molecule has 0 heterocycles. The Balaban J connectivity index is 1.88. The number of alkyl halides is 3. The van der Waals surface area contributed by atoms with E-state index in [1.807, 2.05) is 47.9 Å². The fourth-order valence-corrected chi connectivity index (χ4v) is 3.13. The largest absolute Gasteiger partial charge is 0.416 e. The van der Waals surface area contributed by atoms with Crippen molar-refractivity contribution < 1.29 is 13.2 Å². The van der Waals surface area contributed by atoms with Crippen LogP contribution in [0.4, 0.5) is 18.9 Å². The Hall–Kier alpha value is -2.50. The molecule has 0 amide bonds. The van der Waals surface area contributed by atoms with Crippen LogP contribution in [0, 0.1) is 0 Å². The summed E-state index contributed by atoms with van der Waals surface area (Å²) in [6, 6.07) is 21.6. The lowest BCUT2D eigenvalue weighted by Gasteiger charge is -2.08. The number of rotatable bonds is 5. The van der Waals surface area contributed by atoms with E-state index in [4.69, 9.17) is 11.6 Å². The number of aliphatic imine (C=N–C) groups is 1. The molecule has 0 atom stereocenters. The van der Waals surface area contributed by atoms with Gasteiger partial charge in [0.25, 0.3) is 0 Å². The van der Waals surface area contributed by atoms with Gasteiger partial charge in [-0.2, -0.15) is 13.2 Å². The highest BCUT2D eigenvalue weighted by Crippen LogP contribution is 2.29. The van der Waals surface area contributed by atoms with Gasteiger partial charge in [-0.15, -0.1) is 0 Å². The summed E-state index contributed by atoms with van der Waals surface area (Å²) < 4.78 is 38.5. The zero-order chi connectivity index (χ0) is 20.0. The van der Waals surface area contributed by atoms with Gasteiger partial charge in [0.15, 0.2) is 0 Å². The molecule has 0 fully saturated rings. The fraction of sp³-hybridized carbons (Fsp3) is 0.0455. The van der Waals surface area contributed by atoms with E-state index in [-0.39, 0.29) is 0 Å². The number of benzene rings is 3. The second-order valence-electron chi connectivity index (χ2n) is 5.78. The van der Waals surface area contributed by atoms with Crippen LogP contribution < -0.4 is 0 Å². The van der Waals surface area contributed by atoms with Crippen molar-refractivity contribution in [3.05, 3.63) is 106 Å². The van der Waals surface area contributed by atoms with Crippen molar-refractivity contribution in [1.29, 1.82) is 0 Å². The summed E-state index contributed by atoms with van der Waals surface area (Å²) in [7, 11) is 0. The Morgan fingerprint density at radius 2 is 1.50 bits per heavy atom. The van der Waals surface area contributed by atoms with Crippen molar-refractivity contribution in [2.24, 2.45) is 4.99 Å². The Kier molecular flexibility index (Phi) is 6.60. The molecule has 0 saturated heterocycles. The molecule has 3 aromatic rings. The molecule has 0 aliphatic carbocycles. The molecule has 0 saturated carbocycles. The second-order valence-corrected chi connectivity index (χ2v) is 7.20. The van der Waals surface area contributed by atoms with E-state index in [9.17, 15) is 13.2 Å². The molecule has 0 N–H and O–H groups in total. The average Bonchev–Trinajstić information content (AvgIpc) is 2.69. The molecule has 0 aromatic heterocycles. The molecule has 0 aliphatic heterocycles. The maximum absolute atomic E-state index is 12.8. The first-order valence-electron chi connectivity index (χ1n) is 8.32. The Bertz CT molecular complexity index is 963. The molecular weight excluding hydrogens is 403 g/mol. The third-order valence-electron chi connectivity index (χ3n) is 3.76. The number of allylic oxidation sites excluding steroid dienone is 1. The summed E-state index contributed by atoms with van der Waals surface area (Å²) in [4.78, 5) is 5.57. The van der Waals surface area contributed by atoms with Crippen LogP contribution >= 0.6 is 23.4 Å². The van der Waals surface area contributed by atoms with Crippen LogP contribution in [0.25, 0.3) is 0 Å². The number of para-hydroxylation sites is 1. The lowest BCUT2D eigenvalue weighted by molar-refractivity contribution is -0.137. The van der Waals surface area contributed by atoms with Crippen LogP contribution in [0.5, 0.6) is 0 Å². The van der Waals surface area contributed by atoms with E-state index < -0.39 is 11.7 Å². The fourth-order valence-electron chi connectivity index (χ4n) is 2.36. The third-order valence-corrected chi connectivity index (χ3v) is 4.83. The van der Waals surface area contributed by atoms with Crippen molar-refractivity contribution in [2.45, 2.75) is 11.1 Å². The van der Waals surface area contributed by atoms with Gasteiger partial charge in [0.1, 0.15) is 0 Å². The van der Waals surface area contributed by atoms with E-state index in [1.54, 1.807) is 18.2 Å². The summed E-state index contributed by atoms with van der Waals surface area (Å²) in [5.41, 5.74) is 1.21. The van der Waals surface area contributed by atoms with E-state index in [0.29, 0.717) is 16.3 Å². The van der Waals surface area contributed by atoms with Crippen molar-refractivity contribution in [3.63, 3.8) is 0 Å². The molecular formula is C22H15ClF3NS. The third kappa shape index (κ3) is 5.75. The van der Waals surface area contributed by atoms with E-state index in [1.165, 1.54) is 23.9 Å². The highest BCUT2D eigenvalue weighted by atomic mass is 35.5. The Morgan fingerprint density at radius 3 is 2.11 bits per heavy atom. The van der Waals surface area contributed by atoms with Gasteiger partial charge < -0.3 is 0 Å². The van der Waals surface area contributed by atoms with E-state index in [2.05, 4.69) is 4.99 Å². The molecule has 0 unspecified atom stereocenters. The monoisotopic (exact) mass is 417 g/mol. The SMILES string of the molecule is FC(F)(F)c1ccc(C(C=CSc2ccc(Cl)cc2)=Nc2ccccc2)cc1. The van der Waals surface area contributed by atoms with Crippen LogP contribution in [0.2, 0.25) is 5.02 Å². The molecule has 0 bridgehead atoms. The van der Waals surface area contributed by atoms with Gasteiger partial charge in [0, 0.05) is 15.5 Å². The number of hydrogen-bond acceptors (Lipinski definition) is 2. The summed E-state index contributed by atoms with van der Waals surface area (Å²) in [5, 5.41) is 2.51. The Labute approximate surface area is 170 Å². The number of thioether (sulfide) groups is 1. The summed E-state index contributed by atoms with van der Waals surface area (Å²) >= 11 is 7.35. The van der Waals surface area contributed by atoms with Crippen LogP contribution in [-0.4, -0.2) is 5.71 Å². The first-order chi connectivity index (χ1) is 13.4. The lowest BCUT2D eigenvalue weighted by Crippen LogP contribution is -2.05. The van der Waals surface area contributed by atoms with Crippen molar-refractivity contribution in [1.82, 2.24) is 0 Å². The van der Waals surface area contributed by atoms with Gasteiger partial charge in [-0.1, -0.05) is 53.7 Å². The standard InChI is InChI=1S/C22H15ClF3NS/c23-18-10-12-20(13-11-18)28-15-14-21(27-19-4-2-1-3-5-19)16-6-8-17(9-7-16)22(24,25)26/h1-15H. The first-order valence-corrected chi connectivity index (χ1v) is 9.58. The minimum Gasteiger partial charge on any atom is -0.248 e. The van der Waals surface area contributed by atoms with Gasteiger partial charge in [0.05, 0.1) is 17.0 Å². The summed E-state index contributed by atoms with van der Waals surface area (Å²) in [6.45, 7) is 0. The predicted molar refractivity (Wildman–Crippen MR) is 111 cm³/mol. The molecule has 3 aromatic carbocycles.